The Labute approximate surface area is 153 Å². The lowest BCUT2D eigenvalue weighted by Gasteiger charge is -2.24. The second-order valence-corrected chi connectivity index (χ2v) is 7.96. The van der Waals surface area contributed by atoms with Crippen molar-refractivity contribution in [3.8, 4) is 5.75 Å². The van der Waals surface area contributed by atoms with Crippen LogP contribution in [0.4, 0.5) is 0 Å². The lowest BCUT2D eigenvalue weighted by molar-refractivity contribution is -0.130. The van der Waals surface area contributed by atoms with Crippen LogP contribution in [0.2, 0.25) is 5.02 Å². The predicted octanol–water partition coefficient (Wildman–Crippen LogP) is 1.65. The van der Waals surface area contributed by atoms with Crippen molar-refractivity contribution in [2.24, 2.45) is 0 Å². The van der Waals surface area contributed by atoms with Gasteiger partial charge in [-0.3, -0.25) is 4.79 Å². The Morgan fingerprint density at radius 1 is 1.48 bits per heavy atom. The van der Waals surface area contributed by atoms with E-state index in [0.29, 0.717) is 18.2 Å². The molecule has 0 aliphatic carbocycles. The summed E-state index contributed by atoms with van der Waals surface area (Å²) in [7, 11) is -2.41. The fourth-order valence-corrected chi connectivity index (χ4v) is 4.12. The van der Waals surface area contributed by atoms with Crippen molar-refractivity contribution in [2.75, 3.05) is 33.4 Å². The monoisotopic (exact) mass is 390 g/mol. The summed E-state index contributed by atoms with van der Waals surface area (Å²) in [6, 6.07) is 4.38. The Hall–Kier alpha value is -1.35. The smallest absolute Gasteiger partial charge is 0.244 e. The van der Waals surface area contributed by atoms with Gasteiger partial charge in [0.1, 0.15) is 10.6 Å². The average molecular weight is 391 g/mol. The molecule has 140 valence electrons. The molecule has 0 spiro atoms. The topological polar surface area (TPSA) is 84.9 Å². The van der Waals surface area contributed by atoms with Gasteiger partial charge in [0, 0.05) is 38.2 Å². The summed E-state index contributed by atoms with van der Waals surface area (Å²) in [6.07, 6.45) is 1.92. The number of rotatable bonds is 8. The summed E-state index contributed by atoms with van der Waals surface area (Å²) in [5.74, 6) is 0.0923. The van der Waals surface area contributed by atoms with Gasteiger partial charge in [-0.05, 0) is 31.0 Å². The third-order valence-corrected chi connectivity index (χ3v) is 5.70. The first-order valence-electron chi connectivity index (χ1n) is 8.04. The van der Waals surface area contributed by atoms with Gasteiger partial charge in [0.2, 0.25) is 15.9 Å². The zero-order valence-electron chi connectivity index (χ0n) is 14.3. The van der Waals surface area contributed by atoms with Gasteiger partial charge in [-0.1, -0.05) is 11.6 Å². The molecule has 1 aromatic carbocycles. The molecule has 1 fully saturated rings. The van der Waals surface area contributed by atoms with E-state index in [1.54, 1.807) is 11.0 Å². The quantitative estimate of drug-likeness (QED) is 0.729. The fraction of sp³-hybridized carbons (Fsp3) is 0.562. The van der Waals surface area contributed by atoms with Gasteiger partial charge in [-0.15, -0.1) is 0 Å². The van der Waals surface area contributed by atoms with Gasteiger partial charge in [0.15, 0.2) is 0 Å². The Kier molecular flexibility index (Phi) is 7.06. The van der Waals surface area contributed by atoms with Crippen molar-refractivity contribution in [3.05, 3.63) is 23.2 Å². The summed E-state index contributed by atoms with van der Waals surface area (Å²) in [6.45, 7) is 2.99. The number of benzene rings is 1. The fourth-order valence-electron chi connectivity index (χ4n) is 2.66. The van der Waals surface area contributed by atoms with Crippen LogP contribution >= 0.6 is 11.6 Å². The molecule has 1 aliphatic rings. The van der Waals surface area contributed by atoms with E-state index < -0.39 is 10.0 Å². The number of hydrogen-bond donors (Lipinski definition) is 1. The molecular weight excluding hydrogens is 368 g/mol. The minimum absolute atomic E-state index is 0.0218. The van der Waals surface area contributed by atoms with E-state index in [2.05, 4.69) is 4.72 Å². The minimum atomic E-state index is -3.80. The van der Waals surface area contributed by atoms with Crippen molar-refractivity contribution in [3.63, 3.8) is 0 Å². The molecule has 7 nitrogen and oxygen atoms in total. The summed E-state index contributed by atoms with van der Waals surface area (Å²) < 4.78 is 38.1. The second kappa shape index (κ2) is 8.84. The maximum Gasteiger partial charge on any atom is 0.244 e. The van der Waals surface area contributed by atoms with E-state index in [1.165, 1.54) is 26.2 Å². The van der Waals surface area contributed by atoms with E-state index >= 15 is 0 Å². The molecule has 1 N–H and O–H groups in total. The van der Waals surface area contributed by atoms with E-state index in [9.17, 15) is 13.2 Å². The van der Waals surface area contributed by atoms with E-state index in [-0.39, 0.29) is 35.7 Å². The second-order valence-electron chi connectivity index (χ2n) is 5.79. The molecule has 0 aromatic heterocycles. The minimum Gasteiger partial charge on any atom is -0.495 e. The van der Waals surface area contributed by atoms with Crippen molar-refractivity contribution in [1.29, 1.82) is 0 Å². The molecule has 1 atom stereocenters. The van der Waals surface area contributed by atoms with E-state index in [4.69, 9.17) is 21.1 Å². The number of methoxy groups -OCH3 is 1. The third kappa shape index (κ3) is 5.57. The SMILES string of the molecule is COc1ccc(Cl)cc1S(=O)(=O)NCCN(CC1CCCO1)C(C)=O. The molecule has 1 unspecified atom stereocenters. The third-order valence-electron chi connectivity index (χ3n) is 3.98. The highest BCUT2D eigenvalue weighted by Gasteiger charge is 2.23. The standard InChI is InChI=1S/C16H23ClN2O5S/c1-12(20)19(11-14-4-3-9-24-14)8-7-18-25(21,22)16-10-13(17)5-6-15(16)23-2/h5-6,10,14,18H,3-4,7-9,11H2,1-2H3. The molecule has 1 amide bonds. The Balaban J connectivity index is 1.98. The molecule has 1 aromatic rings. The molecular formula is C16H23ClN2O5S. The van der Waals surface area contributed by atoms with Crippen LogP contribution in [-0.2, 0) is 19.6 Å². The van der Waals surface area contributed by atoms with E-state index in [0.717, 1.165) is 12.8 Å². The molecule has 25 heavy (non-hydrogen) atoms. The Morgan fingerprint density at radius 3 is 2.84 bits per heavy atom. The van der Waals surface area contributed by atoms with Gasteiger partial charge in [0.05, 0.1) is 13.2 Å². The zero-order valence-corrected chi connectivity index (χ0v) is 15.9. The van der Waals surface area contributed by atoms with E-state index in [1.807, 2.05) is 0 Å². The van der Waals surface area contributed by atoms with Crippen LogP contribution in [0.5, 0.6) is 5.75 Å². The summed E-state index contributed by atoms with van der Waals surface area (Å²) in [5.41, 5.74) is 0. The zero-order chi connectivity index (χ0) is 18.4. The van der Waals surface area contributed by atoms with Crippen LogP contribution in [0.1, 0.15) is 19.8 Å². The maximum atomic E-state index is 12.5. The van der Waals surface area contributed by atoms with Crippen LogP contribution in [-0.4, -0.2) is 58.7 Å². The number of carbonyl (C=O) groups excluding carboxylic acids is 1. The molecule has 9 heteroatoms. The lowest BCUT2D eigenvalue weighted by atomic mass is 10.2. The van der Waals surface area contributed by atoms with Crippen LogP contribution in [0, 0.1) is 0 Å². The number of hydrogen-bond acceptors (Lipinski definition) is 5. The molecule has 0 radical (unpaired) electrons. The number of halogens is 1. The summed E-state index contributed by atoms with van der Waals surface area (Å²) in [4.78, 5) is 13.3. The van der Waals surface area contributed by atoms with Crippen LogP contribution < -0.4 is 9.46 Å². The van der Waals surface area contributed by atoms with Gasteiger partial charge < -0.3 is 14.4 Å². The van der Waals surface area contributed by atoms with Gasteiger partial charge >= 0.3 is 0 Å². The Bertz CT molecular complexity index is 704. The van der Waals surface area contributed by atoms with Crippen LogP contribution in [0.15, 0.2) is 23.1 Å². The van der Waals surface area contributed by atoms with Crippen molar-refractivity contribution in [1.82, 2.24) is 9.62 Å². The first kappa shape index (κ1) is 20.0. The largest absolute Gasteiger partial charge is 0.495 e. The predicted molar refractivity (Wildman–Crippen MR) is 94.4 cm³/mol. The number of nitrogens with one attached hydrogen (secondary N) is 1. The Morgan fingerprint density at radius 2 is 2.24 bits per heavy atom. The highest BCUT2D eigenvalue weighted by molar-refractivity contribution is 7.89. The first-order chi connectivity index (χ1) is 11.8. The highest BCUT2D eigenvalue weighted by atomic mass is 35.5. The van der Waals surface area contributed by atoms with Crippen molar-refractivity contribution in [2.45, 2.75) is 30.8 Å². The van der Waals surface area contributed by atoms with Crippen LogP contribution in [0.25, 0.3) is 0 Å². The lowest BCUT2D eigenvalue weighted by Crippen LogP contribution is -2.41. The molecule has 0 bridgehead atoms. The highest BCUT2D eigenvalue weighted by Crippen LogP contribution is 2.26. The van der Waals surface area contributed by atoms with Gasteiger partial charge in [-0.25, -0.2) is 13.1 Å². The maximum absolute atomic E-state index is 12.5. The molecule has 1 heterocycles. The number of sulfonamides is 1. The van der Waals surface area contributed by atoms with Crippen molar-refractivity contribution >= 4 is 27.5 Å². The molecule has 0 saturated carbocycles. The van der Waals surface area contributed by atoms with Crippen LogP contribution in [0.3, 0.4) is 0 Å². The summed E-state index contributed by atoms with van der Waals surface area (Å²) in [5, 5.41) is 0.296. The number of ether oxygens (including phenoxy) is 2. The van der Waals surface area contributed by atoms with Gasteiger partial charge in [0.25, 0.3) is 0 Å². The normalized spacial score (nSPS) is 17.5. The molecule has 1 saturated heterocycles. The number of carbonyl (C=O) groups is 1. The van der Waals surface area contributed by atoms with Crippen molar-refractivity contribution < 1.29 is 22.7 Å². The number of amides is 1. The van der Waals surface area contributed by atoms with Gasteiger partial charge in [-0.2, -0.15) is 0 Å². The average Bonchev–Trinajstić information content (AvgIpc) is 3.06. The number of nitrogens with zero attached hydrogens (tertiary/aromatic N) is 1. The molecule has 1 aliphatic heterocycles. The summed E-state index contributed by atoms with van der Waals surface area (Å²) >= 11 is 5.89. The molecule has 2 rings (SSSR count). The first-order valence-corrected chi connectivity index (χ1v) is 9.90.